The molecule has 2 saturated heterocycles. The summed E-state index contributed by atoms with van der Waals surface area (Å²) in [5, 5.41) is 3.48. The van der Waals surface area contributed by atoms with E-state index in [1.54, 1.807) is 0 Å². The quantitative estimate of drug-likeness (QED) is 0.878. The van der Waals surface area contributed by atoms with Gasteiger partial charge in [-0.3, -0.25) is 0 Å². The summed E-state index contributed by atoms with van der Waals surface area (Å²) in [6, 6.07) is 4.59. The standard InChI is InChI=1S/C14H21N3O/c1-2-8-18-13-4-3-6-16-14(13)17-7-5-11-9-15-10-12(11)17/h3-4,6,11-12,15H,2,5,7-10H2,1H3/t11-,12+/m0/s1. The predicted octanol–water partition coefficient (Wildman–Crippen LogP) is 1.67. The summed E-state index contributed by atoms with van der Waals surface area (Å²) in [6.07, 6.45) is 4.16. The van der Waals surface area contributed by atoms with E-state index in [0.717, 1.165) is 50.1 Å². The van der Waals surface area contributed by atoms with Crippen LogP contribution in [-0.2, 0) is 0 Å². The fourth-order valence-electron chi connectivity index (χ4n) is 3.03. The SMILES string of the molecule is CCCOc1cccnc1N1CC[C@H]2CNC[C@H]21. The molecule has 0 aliphatic carbocycles. The summed E-state index contributed by atoms with van der Waals surface area (Å²) in [4.78, 5) is 6.97. The fourth-order valence-corrected chi connectivity index (χ4v) is 3.03. The summed E-state index contributed by atoms with van der Waals surface area (Å²) < 4.78 is 5.82. The Kier molecular flexibility index (Phi) is 3.37. The van der Waals surface area contributed by atoms with E-state index in [1.165, 1.54) is 6.42 Å². The fraction of sp³-hybridized carbons (Fsp3) is 0.643. The Hall–Kier alpha value is -1.29. The minimum Gasteiger partial charge on any atom is -0.490 e. The number of rotatable bonds is 4. The number of nitrogens with zero attached hydrogens (tertiary/aromatic N) is 2. The molecule has 3 rings (SSSR count). The van der Waals surface area contributed by atoms with Crippen molar-refractivity contribution in [1.29, 1.82) is 0 Å². The maximum atomic E-state index is 5.82. The van der Waals surface area contributed by atoms with Crippen LogP contribution in [0, 0.1) is 5.92 Å². The molecule has 0 amide bonds. The summed E-state index contributed by atoms with van der Waals surface area (Å²) in [6.45, 7) is 6.23. The van der Waals surface area contributed by atoms with Gasteiger partial charge in [0.2, 0.25) is 0 Å². The Bertz CT molecular complexity index is 410. The van der Waals surface area contributed by atoms with Crippen LogP contribution in [0.15, 0.2) is 18.3 Å². The van der Waals surface area contributed by atoms with Crippen LogP contribution >= 0.6 is 0 Å². The van der Waals surface area contributed by atoms with Gasteiger partial charge in [-0.1, -0.05) is 6.92 Å². The van der Waals surface area contributed by atoms with Gasteiger partial charge >= 0.3 is 0 Å². The van der Waals surface area contributed by atoms with Crippen molar-refractivity contribution >= 4 is 5.82 Å². The van der Waals surface area contributed by atoms with Crippen LogP contribution in [0.1, 0.15) is 19.8 Å². The van der Waals surface area contributed by atoms with Crippen LogP contribution in [0.4, 0.5) is 5.82 Å². The van der Waals surface area contributed by atoms with Gasteiger partial charge in [-0.25, -0.2) is 4.98 Å². The summed E-state index contributed by atoms with van der Waals surface area (Å²) in [7, 11) is 0. The van der Waals surface area contributed by atoms with Crippen molar-refractivity contribution in [1.82, 2.24) is 10.3 Å². The topological polar surface area (TPSA) is 37.4 Å². The average molecular weight is 247 g/mol. The third-order valence-corrected chi connectivity index (χ3v) is 3.93. The second-order valence-electron chi connectivity index (χ2n) is 5.14. The molecular weight excluding hydrogens is 226 g/mol. The second-order valence-corrected chi connectivity index (χ2v) is 5.14. The summed E-state index contributed by atoms with van der Waals surface area (Å²) in [5.74, 6) is 2.75. The minimum atomic E-state index is 0.601. The highest BCUT2D eigenvalue weighted by molar-refractivity contribution is 5.54. The molecule has 4 heteroatoms. The highest BCUT2D eigenvalue weighted by atomic mass is 16.5. The first-order valence-corrected chi connectivity index (χ1v) is 6.95. The van der Waals surface area contributed by atoms with Gasteiger partial charge in [0.1, 0.15) is 0 Å². The van der Waals surface area contributed by atoms with Gasteiger partial charge in [0.15, 0.2) is 11.6 Å². The highest BCUT2D eigenvalue weighted by Gasteiger charge is 2.39. The van der Waals surface area contributed by atoms with E-state index in [-0.39, 0.29) is 0 Å². The van der Waals surface area contributed by atoms with Crippen LogP contribution in [0.3, 0.4) is 0 Å². The molecule has 1 N–H and O–H groups in total. The zero-order valence-corrected chi connectivity index (χ0v) is 10.9. The maximum absolute atomic E-state index is 5.82. The van der Waals surface area contributed by atoms with Crippen molar-refractivity contribution in [2.24, 2.45) is 5.92 Å². The third-order valence-electron chi connectivity index (χ3n) is 3.93. The van der Waals surface area contributed by atoms with E-state index in [0.29, 0.717) is 6.04 Å². The lowest BCUT2D eigenvalue weighted by atomic mass is 10.1. The molecule has 0 unspecified atom stereocenters. The van der Waals surface area contributed by atoms with E-state index in [4.69, 9.17) is 4.74 Å². The minimum absolute atomic E-state index is 0.601. The molecule has 0 bridgehead atoms. The van der Waals surface area contributed by atoms with E-state index in [1.807, 2.05) is 18.3 Å². The van der Waals surface area contributed by atoms with Gasteiger partial charge in [0, 0.05) is 31.9 Å². The molecule has 3 heterocycles. The van der Waals surface area contributed by atoms with Gasteiger partial charge in [-0.05, 0) is 30.9 Å². The van der Waals surface area contributed by atoms with E-state index in [2.05, 4.69) is 22.1 Å². The number of pyridine rings is 1. The zero-order valence-electron chi connectivity index (χ0n) is 10.9. The summed E-state index contributed by atoms with van der Waals surface area (Å²) >= 11 is 0. The molecule has 18 heavy (non-hydrogen) atoms. The lowest BCUT2D eigenvalue weighted by molar-refractivity contribution is 0.316. The molecule has 0 spiro atoms. The Morgan fingerprint density at radius 3 is 3.33 bits per heavy atom. The Morgan fingerprint density at radius 2 is 2.44 bits per heavy atom. The van der Waals surface area contributed by atoms with Crippen LogP contribution in [0.5, 0.6) is 5.75 Å². The molecule has 2 atom stereocenters. The maximum Gasteiger partial charge on any atom is 0.171 e. The monoisotopic (exact) mass is 247 g/mol. The first-order chi connectivity index (χ1) is 8.90. The van der Waals surface area contributed by atoms with Crippen molar-refractivity contribution in [3.8, 4) is 5.75 Å². The van der Waals surface area contributed by atoms with Crippen molar-refractivity contribution in [2.45, 2.75) is 25.8 Å². The first-order valence-electron chi connectivity index (χ1n) is 6.95. The number of hydrogen-bond donors (Lipinski definition) is 1. The number of ether oxygens (including phenoxy) is 1. The van der Waals surface area contributed by atoms with Crippen LogP contribution in [-0.4, -0.2) is 37.3 Å². The molecular formula is C14H21N3O. The Morgan fingerprint density at radius 1 is 1.50 bits per heavy atom. The summed E-state index contributed by atoms with van der Waals surface area (Å²) in [5.41, 5.74) is 0. The van der Waals surface area contributed by atoms with Gasteiger partial charge < -0.3 is 15.0 Å². The molecule has 2 aliphatic heterocycles. The molecule has 98 valence electrons. The second kappa shape index (κ2) is 5.14. The lowest BCUT2D eigenvalue weighted by Gasteiger charge is -2.26. The van der Waals surface area contributed by atoms with Crippen LogP contribution in [0.2, 0.25) is 0 Å². The predicted molar refractivity (Wildman–Crippen MR) is 72.1 cm³/mol. The third kappa shape index (κ3) is 2.05. The van der Waals surface area contributed by atoms with Crippen molar-refractivity contribution in [3.05, 3.63) is 18.3 Å². The smallest absolute Gasteiger partial charge is 0.171 e. The normalized spacial score (nSPS) is 26.4. The van der Waals surface area contributed by atoms with Gasteiger partial charge in [-0.2, -0.15) is 0 Å². The molecule has 1 aromatic heterocycles. The van der Waals surface area contributed by atoms with Gasteiger partial charge in [0.25, 0.3) is 0 Å². The Balaban J connectivity index is 1.82. The highest BCUT2D eigenvalue weighted by Crippen LogP contribution is 2.35. The zero-order chi connectivity index (χ0) is 12.4. The van der Waals surface area contributed by atoms with Crippen LogP contribution < -0.4 is 15.0 Å². The first kappa shape index (κ1) is 11.8. The number of fused-ring (bicyclic) bond motifs is 1. The van der Waals surface area contributed by atoms with Crippen molar-refractivity contribution < 1.29 is 4.74 Å². The van der Waals surface area contributed by atoms with Gasteiger partial charge in [0.05, 0.1) is 6.61 Å². The molecule has 4 nitrogen and oxygen atoms in total. The average Bonchev–Trinajstić information content (AvgIpc) is 2.99. The number of hydrogen-bond acceptors (Lipinski definition) is 4. The van der Waals surface area contributed by atoms with Crippen molar-refractivity contribution in [3.63, 3.8) is 0 Å². The molecule has 0 radical (unpaired) electrons. The van der Waals surface area contributed by atoms with E-state index in [9.17, 15) is 0 Å². The van der Waals surface area contributed by atoms with Gasteiger partial charge in [-0.15, -0.1) is 0 Å². The number of anilines is 1. The van der Waals surface area contributed by atoms with Crippen molar-refractivity contribution in [2.75, 3.05) is 31.1 Å². The molecule has 0 aromatic carbocycles. The van der Waals surface area contributed by atoms with E-state index < -0.39 is 0 Å². The lowest BCUT2D eigenvalue weighted by Crippen LogP contribution is -2.35. The van der Waals surface area contributed by atoms with Crippen LogP contribution in [0.25, 0.3) is 0 Å². The largest absolute Gasteiger partial charge is 0.490 e. The number of aromatic nitrogens is 1. The Labute approximate surface area is 108 Å². The molecule has 2 fully saturated rings. The molecule has 0 saturated carbocycles. The molecule has 2 aliphatic rings. The number of nitrogens with one attached hydrogen (secondary N) is 1. The molecule has 1 aromatic rings. The van der Waals surface area contributed by atoms with E-state index >= 15 is 0 Å².